The number of amides is 1. The molecule has 16 heavy (non-hydrogen) atoms. The van der Waals surface area contributed by atoms with Gasteiger partial charge < -0.3 is 4.42 Å². The average molecular weight is 259 g/mol. The molecule has 0 atom stereocenters. The molecule has 2 rings (SSSR count). The molecule has 0 aliphatic rings. The SMILES string of the molecule is O=C(N=Cc1ccco1)c1cccnc1.[Co+2]. The van der Waals surface area contributed by atoms with Crippen molar-refractivity contribution in [2.45, 2.75) is 0 Å². The predicted octanol–water partition coefficient (Wildman–Crippen LogP) is 1.93. The van der Waals surface area contributed by atoms with Crippen LogP contribution in [0.15, 0.2) is 52.3 Å². The van der Waals surface area contributed by atoms with Crippen molar-refractivity contribution in [1.29, 1.82) is 0 Å². The molecule has 0 bridgehead atoms. The molecule has 0 saturated heterocycles. The normalized spacial score (nSPS) is 10.0. The van der Waals surface area contributed by atoms with Crippen LogP contribution in [0.2, 0.25) is 0 Å². The van der Waals surface area contributed by atoms with Crippen molar-refractivity contribution in [1.82, 2.24) is 4.98 Å². The topological polar surface area (TPSA) is 55.5 Å². The minimum atomic E-state index is -0.334. The van der Waals surface area contributed by atoms with Crippen LogP contribution >= 0.6 is 0 Å². The first-order valence-corrected chi connectivity index (χ1v) is 4.38. The van der Waals surface area contributed by atoms with Gasteiger partial charge in [-0.15, -0.1) is 0 Å². The number of carbonyl (C=O) groups is 1. The summed E-state index contributed by atoms with van der Waals surface area (Å²) in [5, 5.41) is 0. The maximum Gasteiger partial charge on any atom is 2.00 e. The van der Waals surface area contributed by atoms with Crippen LogP contribution in [0.25, 0.3) is 0 Å². The molecule has 0 aliphatic carbocycles. The fourth-order valence-corrected chi connectivity index (χ4v) is 1.05. The van der Waals surface area contributed by atoms with Crippen LogP contribution < -0.4 is 0 Å². The van der Waals surface area contributed by atoms with Crippen molar-refractivity contribution in [2.75, 3.05) is 0 Å². The second-order valence-electron chi connectivity index (χ2n) is 2.82. The summed E-state index contributed by atoms with van der Waals surface area (Å²) in [6.07, 6.45) is 5.99. The van der Waals surface area contributed by atoms with Crippen LogP contribution in [0.5, 0.6) is 0 Å². The molecule has 0 fully saturated rings. The molecule has 2 aromatic rings. The molecule has 1 radical (unpaired) electrons. The second kappa shape index (κ2) is 5.99. The van der Waals surface area contributed by atoms with Crippen LogP contribution in [-0.2, 0) is 16.8 Å². The van der Waals surface area contributed by atoms with Gasteiger partial charge in [0.15, 0.2) is 0 Å². The maximum absolute atomic E-state index is 11.5. The van der Waals surface area contributed by atoms with Gasteiger partial charge in [-0.1, -0.05) is 0 Å². The quantitative estimate of drug-likeness (QED) is 0.774. The van der Waals surface area contributed by atoms with Crippen molar-refractivity contribution < 1.29 is 26.0 Å². The number of nitrogens with zero attached hydrogens (tertiary/aromatic N) is 2. The fourth-order valence-electron chi connectivity index (χ4n) is 1.05. The van der Waals surface area contributed by atoms with E-state index < -0.39 is 0 Å². The summed E-state index contributed by atoms with van der Waals surface area (Å²) in [6.45, 7) is 0. The van der Waals surface area contributed by atoms with E-state index >= 15 is 0 Å². The van der Waals surface area contributed by atoms with E-state index in [2.05, 4.69) is 9.98 Å². The van der Waals surface area contributed by atoms with Crippen molar-refractivity contribution >= 4 is 12.1 Å². The molecule has 0 saturated carbocycles. The molecule has 4 nitrogen and oxygen atoms in total. The zero-order chi connectivity index (χ0) is 10.5. The van der Waals surface area contributed by atoms with Gasteiger partial charge in [0, 0.05) is 12.4 Å². The van der Waals surface area contributed by atoms with Crippen LogP contribution in [0.4, 0.5) is 0 Å². The molecule has 0 spiro atoms. The van der Waals surface area contributed by atoms with E-state index in [9.17, 15) is 4.79 Å². The Morgan fingerprint density at radius 1 is 1.38 bits per heavy atom. The van der Waals surface area contributed by atoms with Gasteiger partial charge in [-0.05, 0) is 24.3 Å². The number of pyridine rings is 1. The standard InChI is InChI=1S/C11H8N2O2.Co/c14-11(9-3-1-5-12-7-9)13-8-10-4-2-6-15-10;/h1-8H;/q;+2. The Kier molecular flexibility index (Phi) is 4.62. The number of aromatic nitrogens is 1. The Hall–Kier alpha value is -1.72. The summed E-state index contributed by atoms with van der Waals surface area (Å²) >= 11 is 0. The van der Waals surface area contributed by atoms with Crippen molar-refractivity contribution in [3.8, 4) is 0 Å². The van der Waals surface area contributed by atoms with E-state index in [-0.39, 0.29) is 22.7 Å². The Morgan fingerprint density at radius 2 is 2.25 bits per heavy atom. The van der Waals surface area contributed by atoms with Gasteiger partial charge in [0.05, 0.1) is 18.0 Å². The van der Waals surface area contributed by atoms with E-state index in [4.69, 9.17) is 4.42 Å². The van der Waals surface area contributed by atoms with Crippen LogP contribution in [-0.4, -0.2) is 17.1 Å². The maximum atomic E-state index is 11.5. The van der Waals surface area contributed by atoms with Gasteiger partial charge in [0.2, 0.25) is 0 Å². The van der Waals surface area contributed by atoms with E-state index in [1.54, 1.807) is 30.5 Å². The number of aliphatic imine (C=N–C) groups is 1. The molecule has 0 aliphatic heterocycles. The van der Waals surface area contributed by atoms with Gasteiger partial charge in [-0.2, -0.15) is 0 Å². The number of hydrogen-bond donors (Lipinski definition) is 0. The summed E-state index contributed by atoms with van der Waals surface area (Å²) in [7, 11) is 0. The first-order valence-electron chi connectivity index (χ1n) is 4.38. The van der Waals surface area contributed by atoms with Crippen LogP contribution in [0, 0.1) is 0 Å². The van der Waals surface area contributed by atoms with Crippen molar-refractivity contribution in [2.24, 2.45) is 4.99 Å². The Balaban J connectivity index is 0.00000128. The monoisotopic (exact) mass is 259 g/mol. The summed E-state index contributed by atoms with van der Waals surface area (Å²) in [5.41, 5.74) is 0.459. The van der Waals surface area contributed by atoms with Crippen LogP contribution in [0.3, 0.4) is 0 Å². The third-order valence-corrected chi connectivity index (χ3v) is 1.76. The molecule has 0 aromatic carbocycles. The Labute approximate surface area is 103 Å². The average Bonchev–Trinajstić information content (AvgIpc) is 2.80. The van der Waals surface area contributed by atoms with Crippen molar-refractivity contribution in [3.63, 3.8) is 0 Å². The number of furan rings is 1. The summed E-state index contributed by atoms with van der Waals surface area (Å²) < 4.78 is 5.00. The first-order chi connectivity index (χ1) is 7.36. The van der Waals surface area contributed by atoms with E-state index in [0.29, 0.717) is 11.3 Å². The van der Waals surface area contributed by atoms with Crippen molar-refractivity contribution in [3.05, 3.63) is 54.2 Å². The van der Waals surface area contributed by atoms with Gasteiger partial charge in [0.1, 0.15) is 5.76 Å². The van der Waals surface area contributed by atoms with E-state index in [1.165, 1.54) is 18.7 Å². The second-order valence-corrected chi connectivity index (χ2v) is 2.82. The molecule has 0 N–H and O–H groups in total. The number of carbonyl (C=O) groups excluding carboxylic acids is 1. The summed E-state index contributed by atoms with van der Waals surface area (Å²) in [4.78, 5) is 19.0. The minimum Gasteiger partial charge on any atom is -0.463 e. The summed E-state index contributed by atoms with van der Waals surface area (Å²) in [6, 6.07) is 6.81. The molecule has 1 amide bonds. The molecular formula is C11H8CoN2O2+2. The molecule has 81 valence electrons. The molecule has 2 aromatic heterocycles. The Morgan fingerprint density at radius 3 is 2.88 bits per heavy atom. The van der Waals surface area contributed by atoms with E-state index in [1.807, 2.05) is 0 Å². The Bertz CT molecular complexity index is 466. The zero-order valence-corrected chi connectivity index (χ0v) is 9.20. The third-order valence-electron chi connectivity index (χ3n) is 1.76. The number of hydrogen-bond acceptors (Lipinski definition) is 3. The molecule has 0 unspecified atom stereocenters. The molecule has 5 heteroatoms. The summed E-state index contributed by atoms with van der Waals surface area (Å²) in [5.74, 6) is 0.215. The minimum absolute atomic E-state index is 0. The fraction of sp³-hybridized carbons (Fsp3) is 0. The van der Waals surface area contributed by atoms with Gasteiger partial charge in [-0.25, -0.2) is 4.99 Å². The first kappa shape index (κ1) is 12.3. The molecule has 2 heterocycles. The van der Waals surface area contributed by atoms with Gasteiger partial charge in [0.25, 0.3) is 5.91 Å². The molecular weight excluding hydrogens is 251 g/mol. The smallest absolute Gasteiger partial charge is 0.463 e. The third kappa shape index (κ3) is 3.15. The van der Waals surface area contributed by atoms with E-state index in [0.717, 1.165) is 0 Å². The predicted molar refractivity (Wildman–Crippen MR) is 54.9 cm³/mol. The van der Waals surface area contributed by atoms with Crippen LogP contribution in [0.1, 0.15) is 16.1 Å². The largest absolute Gasteiger partial charge is 2.00 e. The zero-order valence-electron chi connectivity index (χ0n) is 8.16. The van der Waals surface area contributed by atoms with Gasteiger partial charge in [-0.3, -0.25) is 9.78 Å². The number of rotatable bonds is 2. The van der Waals surface area contributed by atoms with Gasteiger partial charge >= 0.3 is 16.8 Å².